The summed E-state index contributed by atoms with van der Waals surface area (Å²) >= 11 is 0. The van der Waals surface area contributed by atoms with Crippen molar-refractivity contribution in [2.45, 2.75) is 38.8 Å². The first-order valence-electron chi connectivity index (χ1n) is 6.33. The maximum atomic E-state index is 12.7. The van der Waals surface area contributed by atoms with Gasteiger partial charge in [-0.1, -0.05) is 27.9 Å². The van der Waals surface area contributed by atoms with Gasteiger partial charge in [-0.25, -0.2) is 9.69 Å². The summed E-state index contributed by atoms with van der Waals surface area (Å²) in [5.74, 6) is 0. The Labute approximate surface area is 112 Å². The second-order valence-electron chi connectivity index (χ2n) is 6.09. The highest BCUT2D eigenvalue weighted by Crippen LogP contribution is 2.62. The van der Waals surface area contributed by atoms with Gasteiger partial charge in [-0.2, -0.15) is 0 Å². The molecule has 0 unspecified atom stereocenters. The molecule has 1 aromatic carbocycles. The lowest BCUT2D eigenvalue weighted by atomic mass is 10.0. The van der Waals surface area contributed by atoms with Gasteiger partial charge < -0.3 is 5.11 Å². The topological polar surface area (TPSA) is 55.7 Å². The molecule has 0 N–H and O–H groups in total. The highest BCUT2D eigenvalue weighted by atomic mass is 16.3. The van der Waals surface area contributed by atoms with Crippen molar-refractivity contribution in [1.29, 1.82) is 0 Å². The Bertz CT molecular complexity index is 576. The Morgan fingerprint density at radius 2 is 1.63 bits per heavy atom. The number of nitrogens with zero attached hydrogens (tertiary/aromatic N) is 3. The van der Waals surface area contributed by atoms with Crippen LogP contribution in [0.4, 0.5) is 10.5 Å². The lowest BCUT2D eigenvalue weighted by Crippen LogP contribution is -2.44. The smallest absolute Gasteiger partial charge is 0.456 e. The maximum absolute atomic E-state index is 12.7. The van der Waals surface area contributed by atoms with Crippen molar-refractivity contribution in [3.63, 3.8) is 0 Å². The number of amides is 2. The number of anilines is 1. The summed E-state index contributed by atoms with van der Waals surface area (Å²) < 4.78 is -0.131. The Balaban J connectivity index is 2.08. The van der Waals surface area contributed by atoms with Crippen LogP contribution in [0.3, 0.4) is 0 Å². The molecule has 2 amide bonds. The summed E-state index contributed by atoms with van der Waals surface area (Å²) in [4.78, 5) is 13.9. The van der Waals surface area contributed by atoms with Crippen LogP contribution in [0.15, 0.2) is 35.4 Å². The van der Waals surface area contributed by atoms with Gasteiger partial charge in [-0.05, 0) is 39.8 Å². The number of hydrogen-bond acceptors (Lipinski definition) is 3. The van der Waals surface area contributed by atoms with Crippen LogP contribution < -0.4 is 10.0 Å². The zero-order valence-corrected chi connectivity index (χ0v) is 11.5. The zero-order chi connectivity index (χ0) is 14.1. The summed E-state index contributed by atoms with van der Waals surface area (Å²) in [6.45, 7) is 7.87. The fourth-order valence-electron chi connectivity index (χ4n) is 3.11. The molecular weight excluding hydrogens is 242 g/mol. The van der Waals surface area contributed by atoms with Crippen molar-refractivity contribution in [2.24, 2.45) is 5.10 Å². The van der Waals surface area contributed by atoms with Crippen molar-refractivity contribution in [2.75, 3.05) is 4.90 Å². The van der Waals surface area contributed by atoms with Gasteiger partial charge in [0.2, 0.25) is 0 Å². The van der Waals surface area contributed by atoms with Crippen LogP contribution in [0, 0.1) is 0 Å². The minimum Gasteiger partial charge on any atom is -0.842 e. The summed E-state index contributed by atoms with van der Waals surface area (Å²) in [7, 11) is 0. The minimum atomic E-state index is -0.477. The quantitative estimate of drug-likeness (QED) is 0.568. The number of hydrogen-bond donors (Lipinski definition) is 0. The molecule has 0 radical (unpaired) electrons. The number of para-hydroxylation sites is 1. The van der Waals surface area contributed by atoms with E-state index >= 15 is 0 Å². The lowest BCUT2D eigenvalue weighted by molar-refractivity contribution is -0.770. The lowest BCUT2D eigenvalue weighted by Gasteiger charge is -2.18. The molecule has 0 bridgehead atoms. The first-order valence-corrected chi connectivity index (χ1v) is 6.33. The van der Waals surface area contributed by atoms with Crippen molar-refractivity contribution in [1.82, 2.24) is 0 Å². The Hall–Kier alpha value is -1.88. The summed E-state index contributed by atoms with van der Waals surface area (Å²) in [5, 5.41) is 16.3. The van der Waals surface area contributed by atoms with Crippen molar-refractivity contribution in [3.05, 3.63) is 30.3 Å². The maximum Gasteiger partial charge on any atom is 0.456 e. The van der Waals surface area contributed by atoms with Crippen molar-refractivity contribution < 1.29 is 14.5 Å². The molecular formula is C14H17N3O2. The number of amidine groups is 1. The van der Waals surface area contributed by atoms with Gasteiger partial charge in [-0.3, -0.25) is 0 Å². The molecule has 0 saturated carbocycles. The van der Waals surface area contributed by atoms with E-state index < -0.39 is 6.02 Å². The number of quaternary nitrogens is 1. The van der Waals surface area contributed by atoms with E-state index in [2.05, 4.69) is 5.10 Å². The van der Waals surface area contributed by atoms with E-state index in [1.807, 2.05) is 33.8 Å². The van der Waals surface area contributed by atoms with Gasteiger partial charge in [0.25, 0.3) is 0 Å². The standard InChI is InChI=1S/C14H17N3O2/c1-13(2)14(3,4)17(13)12(19)16(11(18)15-17)10-8-6-5-7-9-10/h5-9H,1-4H3. The molecule has 0 atom stereocenters. The second-order valence-corrected chi connectivity index (χ2v) is 6.09. The predicted molar refractivity (Wildman–Crippen MR) is 70.2 cm³/mol. The van der Waals surface area contributed by atoms with E-state index in [9.17, 15) is 9.90 Å². The zero-order valence-electron chi connectivity index (χ0n) is 11.5. The number of carbonyl (C=O) groups is 1. The largest absolute Gasteiger partial charge is 0.842 e. The van der Waals surface area contributed by atoms with Crippen LogP contribution in [0.1, 0.15) is 27.7 Å². The molecule has 2 heterocycles. The van der Waals surface area contributed by atoms with Crippen molar-refractivity contribution >= 4 is 17.7 Å². The molecule has 1 saturated heterocycles. The molecule has 3 rings (SSSR count). The number of benzene rings is 1. The Morgan fingerprint density at radius 3 is 2.05 bits per heavy atom. The SMILES string of the molecule is CC1(C)C(C)(C)[N+]12N=C([O-])N(c1ccccc1)C2=O. The first-order chi connectivity index (χ1) is 8.77. The van der Waals surface area contributed by atoms with Gasteiger partial charge in [0.1, 0.15) is 6.02 Å². The molecule has 5 nitrogen and oxygen atoms in total. The van der Waals surface area contributed by atoms with E-state index in [0.29, 0.717) is 5.69 Å². The van der Waals surface area contributed by atoms with Crippen LogP contribution in [0.25, 0.3) is 0 Å². The molecule has 1 fully saturated rings. The number of carbonyl (C=O) groups excluding carboxylic acids is 1. The van der Waals surface area contributed by atoms with Gasteiger partial charge in [0.15, 0.2) is 11.1 Å². The van der Waals surface area contributed by atoms with Gasteiger partial charge in [0, 0.05) is 0 Å². The second kappa shape index (κ2) is 3.17. The van der Waals surface area contributed by atoms with Gasteiger partial charge >= 0.3 is 6.03 Å². The van der Waals surface area contributed by atoms with Gasteiger partial charge in [0.05, 0.1) is 5.69 Å². The monoisotopic (exact) mass is 259 g/mol. The number of urea groups is 1. The van der Waals surface area contributed by atoms with E-state index in [1.54, 1.807) is 24.3 Å². The van der Waals surface area contributed by atoms with E-state index in [0.717, 1.165) is 0 Å². The van der Waals surface area contributed by atoms with Crippen LogP contribution >= 0.6 is 0 Å². The molecule has 5 heteroatoms. The van der Waals surface area contributed by atoms with Crippen molar-refractivity contribution in [3.8, 4) is 0 Å². The van der Waals surface area contributed by atoms with Crippen LogP contribution in [-0.2, 0) is 0 Å². The summed E-state index contributed by atoms with van der Waals surface area (Å²) in [6.07, 6.45) is 0. The molecule has 19 heavy (non-hydrogen) atoms. The normalized spacial score (nSPS) is 25.6. The molecule has 1 aromatic rings. The average Bonchev–Trinajstić information content (AvgIpc) is 2.59. The molecule has 100 valence electrons. The molecule has 1 spiro atoms. The Morgan fingerprint density at radius 1 is 1.11 bits per heavy atom. The van der Waals surface area contributed by atoms with Crippen LogP contribution in [0.5, 0.6) is 0 Å². The first kappa shape index (κ1) is 12.2. The highest BCUT2D eigenvalue weighted by Gasteiger charge is 2.88. The highest BCUT2D eigenvalue weighted by molar-refractivity contribution is 6.12. The molecule has 2 aliphatic rings. The van der Waals surface area contributed by atoms with E-state index in [1.165, 1.54) is 4.90 Å². The van der Waals surface area contributed by atoms with Gasteiger partial charge in [-0.15, -0.1) is 0 Å². The minimum absolute atomic E-state index is 0.131. The molecule has 0 aliphatic carbocycles. The average molecular weight is 259 g/mol. The van der Waals surface area contributed by atoms with E-state index in [4.69, 9.17) is 0 Å². The third-order valence-electron chi connectivity index (χ3n) is 4.97. The third kappa shape index (κ3) is 1.10. The summed E-state index contributed by atoms with van der Waals surface area (Å²) in [6, 6.07) is 8.21. The predicted octanol–water partition coefficient (Wildman–Crippen LogP) is 1.65. The third-order valence-corrected chi connectivity index (χ3v) is 4.97. The number of rotatable bonds is 1. The van der Waals surface area contributed by atoms with E-state index in [-0.39, 0.29) is 21.7 Å². The molecule has 0 aromatic heterocycles. The summed E-state index contributed by atoms with van der Waals surface area (Å²) in [5.41, 5.74) is -0.137. The van der Waals surface area contributed by atoms with Crippen LogP contribution in [0.2, 0.25) is 0 Å². The van der Waals surface area contributed by atoms with Crippen LogP contribution in [-0.4, -0.2) is 27.7 Å². The fourth-order valence-corrected chi connectivity index (χ4v) is 3.11. The molecule has 2 aliphatic heterocycles. The Kier molecular flexibility index (Phi) is 2.03. The fraction of sp³-hybridized carbons (Fsp3) is 0.429.